The summed E-state index contributed by atoms with van der Waals surface area (Å²) in [5.74, 6) is -1.16. The largest absolute Gasteiger partial charge is 0.464 e. The molecule has 2 heterocycles. The number of nitrogens with zero attached hydrogens (tertiary/aromatic N) is 1. The smallest absolute Gasteiger partial charge is 0.279 e. The molecule has 0 saturated heterocycles. The van der Waals surface area contributed by atoms with Crippen LogP contribution >= 0.6 is 0 Å². The summed E-state index contributed by atoms with van der Waals surface area (Å²) in [6.07, 6.45) is 1.50. The van der Waals surface area contributed by atoms with E-state index in [1.165, 1.54) is 19.2 Å². The quantitative estimate of drug-likeness (QED) is 0.844. The molecule has 0 aliphatic carbocycles. The molecule has 6 nitrogen and oxygen atoms in total. The monoisotopic (exact) mass is 315 g/mol. The van der Waals surface area contributed by atoms with E-state index in [0.29, 0.717) is 11.3 Å². The summed E-state index contributed by atoms with van der Waals surface area (Å²) < 4.78 is 19.1. The molecule has 1 atom stereocenters. The van der Waals surface area contributed by atoms with Gasteiger partial charge in [0, 0.05) is 18.3 Å². The first-order chi connectivity index (χ1) is 11.0. The topological polar surface area (TPSA) is 80.3 Å². The van der Waals surface area contributed by atoms with Crippen molar-refractivity contribution in [3.8, 4) is 5.75 Å². The lowest BCUT2D eigenvalue weighted by Crippen LogP contribution is -2.58. The second-order valence-electron chi connectivity index (χ2n) is 5.21. The van der Waals surface area contributed by atoms with E-state index in [9.17, 15) is 14.0 Å². The summed E-state index contributed by atoms with van der Waals surface area (Å²) in [5, 5.41) is 5.06. The Hall–Kier alpha value is -2.96. The first-order valence-electron chi connectivity index (χ1n) is 6.98. The van der Waals surface area contributed by atoms with Gasteiger partial charge in [-0.25, -0.2) is 9.37 Å². The third kappa shape index (κ3) is 2.73. The number of ether oxygens (including phenoxy) is 1. The lowest BCUT2D eigenvalue weighted by molar-refractivity contribution is -0.146. The van der Waals surface area contributed by atoms with Gasteiger partial charge in [0.2, 0.25) is 0 Å². The average Bonchev–Trinajstić information content (AvgIpc) is 2.55. The molecule has 1 aromatic heterocycles. The maximum Gasteiger partial charge on any atom is 0.279 e. The van der Waals surface area contributed by atoms with Crippen molar-refractivity contribution >= 4 is 17.6 Å². The highest BCUT2D eigenvalue weighted by molar-refractivity contribution is 6.15. The molecule has 23 heavy (non-hydrogen) atoms. The summed E-state index contributed by atoms with van der Waals surface area (Å²) in [6, 6.07) is 9.31. The number of rotatable bonds is 3. The minimum absolute atomic E-state index is 0.0440. The lowest BCUT2D eigenvalue weighted by Gasteiger charge is -2.32. The van der Waals surface area contributed by atoms with E-state index in [2.05, 4.69) is 15.6 Å². The molecule has 1 aromatic carbocycles. The van der Waals surface area contributed by atoms with Crippen molar-refractivity contribution in [3.05, 3.63) is 54.0 Å². The molecule has 0 saturated carbocycles. The molecule has 118 valence electrons. The van der Waals surface area contributed by atoms with E-state index in [1.807, 2.05) is 0 Å². The summed E-state index contributed by atoms with van der Waals surface area (Å²) in [4.78, 5) is 28.5. The standard InChI is InChI=1S/C16H14FN3O3/c1-16(14(21)19-9-10-5-2-3-6-11(10)17)15(22)20-13-12(23-16)7-4-8-18-13/h2-8H,9H2,1H3,(H,19,21)(H,18,20,22)/t16-/m0/s1. The van der Waals surface area contributed by atoms with Crippen LogP contribution in [0.2, 0.25) is 0 Å². The van der Waals surface area contributed by atoms with E-state index >= 15 is 0 Å². The maximum absolute atomic E-state index is 13.6. The summed E-state index contributed by atoms with van der Waals surface area (Å²) >= 11 is 0. The van der Waals surface area contributed by atoms with Crippen molar-refractivity contribution in [3.63, 3.8) is 0 Å². The van der Waals surface area contributed by atoms with Crippen LogP contribution in [0, 0.1) is 5.82 Å². The van der Waals surface area contributed by atoms with E-state index in [1.54, 1.807) is 30.3 Å². The van der Waals surface area contributed by atoms with Gasteiger partial charge < -0.3 is 15.4 Å². The van der Waals surface area contributed by atoms with Gasteiger partial charge in [-0.05, 0) is 25.1 Å². The number of amides is 2. The Morgan fingerprint density at radius 1 is 1.35 bits per heavy atom. The zero-order chi connectivity index (χ0) is 16.4. The second kappa shape index (κ2) is 5.68. The molecule has 0 unspecified atom stereocenters. The molecular weight excluding hydrogens is 301 g/mol. The van der Waals surface area contributed by atoms with Gasteiger partial charge in [-0.3, -0.25) is 9.59 Å². The molecule has 3 rings (SSSR count). The molecule has 2 N–H and O–H groups in total. The predicted octanol–water partition coefficient (Wildman–Crippen LogP) is 1.63. The first-order valence-corrected chi connectivity index (χ1v) is 6.98. The maximum atomic E-state index is 13.6. The third-order valence-electron chi connectivity index (χ3n) is 3.58. The Labute approximate surface area is 131 Å². The SMILES string of the molecule is C[C@@]1(C(=O)NCc2ccccc2F)Oc2cccnc2NC1=O. The van der Waals surface area contributed by atoms with Crippen LogP contribution < -0.4 is 15.4 Å². The Balaban J connectivity index is 1.76. The number of carbonyl (C=O) groups excluding carboxylic acids is 2. The minimum Gasteiger partial charge on any atom is -0.464 e. The summed E-state index contributed by atoms with van der Waals surface area (Å²) in [7, 11) is 0. The molecule has 1 aliphatic rings. The number of nitrogens with one attached hydrogen (secondary N) is 2. The highest BCUT2D eigenvalue weighted by atomic mass is 19.1. The summed E-state index contributed by atoms with van der Waals surface area (Å²) in [5.41, 5.74) is -1.43. The van der Waals surface area contributed by atoms with Crippen molar-refractivity contribution in [2.24, 2.45) is 0 Å². The molecule has 0 radical (unpaired) electrons. The van der Waals surface area contributed by atoms with Crippen LogP contribution in [-0.4, -0.2) is 22.4 Å². The number of halogens is 1. The molecule has 0 bridgehead atoms. The average molecular weight is 315 g/mol. The van der Waals surface area contributed by atoms with Crippen LogP contribution in [0.4, 0.5) is 10.2 Å². The zero-order valence-electron chi connectivity index (χ0n) is 12.3. The number of hydrogen-bond donors (Lipinski definition) is 2. The zero-order valence-corrected chi connectivity index (χ0v) is 12.3. The van der Waals surface area contributed by atoms with E-state index in [-0.39, 0.29) is 12.4 Å². The Morgan fingerprint density at radius 2 is 2.13 bits per heavy atom. The van der Waals surface area contributed by atoms with Gasteiger partial charge in [0.25, 0.3) is 17.4 Å². The number of carbonyl (C=O) groups is 2. The number of anilines is 1. The van der Waals surface area contributed by atoms with Crippen LogP contribution in [0.1, 0.15) is 12.5 Å². The van der Waals surface area contributed by atoms with E-state index in [0.717, 1.165) is 0 Å². The Kier molecular flexibility index (Phi) is 3.69. The van der Waals surface area contributed by atoms with Gasteiger partial charge in [-0.2, -0.15) is 0 Å². The third-order valence-corrected chi connectivity index (χ3v) is 3.58. The van der Waals surface area contributed by atoms with E-state index < -0.39 is 23.2 Å². The van der Waals surface area contributed by atoms with Gasteiger partial charge in [-0.1, -0.05) is 18.2 Å². The fourth-order valence-electron chi connectivity index (χ4n) is 2.20. The predicted molar refractivity (Wildman–Crippen MR) is 80.1 cm³/mol. The van der Waals surface area contributed by atoms with Crippen molar-refractivity contribution < 1.29 is 18.7 Å². The van der Waals surface area contributed by atoms with Crippen LogP contribution in [0.5, 0.6) is 5.75 Å². The number of aromatic nitrogens is 1. The normalized spacial score (nSPS) is 19.3. The number of hydrogen-bond acceptors (Lipinski definition) is 4. The molecule has 0 fully saturated rings. The number of pyridine rings is 1. The fourth-order valence-corrected chi connectivity index (χ4v) is 2.20. The Bertz CT molecular complexity index is 781. The van der Waals surface area contributed by atoms with Crippen LogP contribution in [0.3, 0.4) is 0 Å². The Morgan fingerprint density at radius 3 is 2.91 bits per heavy atom. The van der Waals surface area contributed by atoms with Crippen LogP contribution in [0.15, 0.2) is 42.6 Å². The number of fused-ring (bicyclic) bond motifs is 1. The van der Waals surface area contributed by atoms with Gasteiger partial charge in [-0.15, -0.1) is 0 Å². The summed E-state index contributed by atoms with van der Waals surface area (Å²) in [6.45, 7) is 1.31. The van der Waals surface area contributed by atoms with Crippen molar-refractivity contribution in [1.29, 1.82) is 0 Å². The van der Waals surface area contributed by atoms with Gasteiger partial charge >= 0.3 is 0 Å². The van der Waals surface area contributed by atoms with Crippen LogP contribution in [0.25, 0.3) is 0 Å². The van der Waals surface area contributed by atoms with Crippen molar-refractivity contribution in [2.45, 2.75) is 19.1 Å². The minimum atomic E-state index is -1.75. The van der Waals surface area contributed by atoms with Crippen molar-refractivity contribution in [1.82, 2.24) is 10.3 Å². The lowest BCUT2D eigenvalue weighted by atomic mass is 10.0. The van der Waals surface area contributed by atoms with Crippen molar-refractivity contribution in [2.75, 3.05) is 5.32 Å². The molecular formula is C16H14FN3O3. The molecule has 1 aliphatic heterocycles. The molecule has 0 spiro atoms. The van der Waals surface area contributed by atoms with E-state index in [4.69, 9.17) is 4.74 Å². The fraction of sp³-hybridized carbons (Fsp3) is 0.188. The van der Waals surface area contributed by atoms with Gasteiger partial charge in [0.15, 0.2) is 11.6 Å². The molecule has 7 heteroatoms. The number of benzene rings is 1. The van der Waals surface area contributed by atoms with Crippen LogP contribution in [-0.2, 0) is 16.1 Å². The second-order valence-corrected chi connectivity index (χ2v) is 5.21. The van der Waals surface area contributed by atoms with Gasteiger partial charge in [0.05, 0.1) is 0 Å². The highest BCUT2D eigenvalue weighted by Crippen LogP contribution is 2.31. The van der Waals surface area contributed by atoms with Gasteiger partial charge in [0.1, 0.15) is 5.82 Å². The highest BCUT2D eigenvalue weighted by Gasteiger charge is 2.47. The first kappa shape index (κ1) is 15.0. The molecule has 2 amide bonds. The molecule has 2 aromatic rings.